The summed E-state index contributed by atoms with van der Waals surface area (Å²) < 4.78 is 26.8. The average Bonchev–Trinajstić information content (AvgIpc) is 2.41. The number of aromatic nitrogens is 3. The van der Waals surface area contributed by atoms with Crippen LogP contribution in [-0.4, -0.2) is 14.1 Å². The van der Waals surface area contributed by atoms with Crippen LogP contribution in [0.2, 0.25) is 0 Å². The lowest BCUT2D eigenvalue weighted by Gasteiger charge is -2.13. The van der Waals surface area contributed by atoms with Gasteiger partial charge in [-0.2, -0.15) is 14.0 Å². The Kier molecular flexibility index (Phi) is 3.91. The number of rotatable bonds is 2. The van der Waals surface area contributed by atoms with Gasteiger partial charge in [0.15, 0.2) is 0 Å². The Hall–Kier alpha value is -2.82. The molecule has 0 aliphatic heterocycles. The van der Waals surface area contributed by atoms with Crippen LogP contribution in [0.5, 0.6) is 0 Å². The molecule has 22 heavy (non-hydrogen) atoms. The highest BCUT2D eigenvalue weighted by atomic mass is 19.3. The predicted octanol–water partition coefficient (Wildman–Crippen LogP) is 1.59. The lowest BCUT2D eigenvalue weighted by molar-refractivity contribution is 0.0615. The van der Waals surface area contributed by atoms with Gasteiger partial charge >= 0.3 is 12.2 Å². The van der Waals surface area contributed by atoms with Gasteiger partial charge in [-0.1, -0.05) is 0 Å². The highest BCUT2D eigenvalue weighted by Crippen LogP contribution is 2.14. The molecule has 0 N–H and O–H groups in total. The summed E-state index contributed by atoms with van der Waals surface area (Å²) in [5.74, 6) is -0.0547. The Morgan fingerprint density at radius 1 is 1.23 bits per heavy atom. The molecule has 2 aromatic rings. The summed E-state index contributed by atoms with van der Waals surface area (Å²) in [7, 11) is 0. The Balaban J connectivity index is 2.88. The normalized spacial score (nSPS) is 10.8. The number of hydrogen-bond donors (Lipinski definition) is 0. The number of hydrogen-bond acceptors (Lipinski definition) is 4. The van der Waals surface area contributed by atoms with Gasteiger partial charge in [-0.3, -0.25) is 4.79 Å². The number of halogens is 2. The van der Waals surface area contributed by atoms with Crippen LogP contribution in [0.3, 0.4) is 0 Å². The van der Waals surface area contributed by atoms with Gasteiger partial charge in [0.2, 0.25) is 0 Å². The number of alkyl halides is 2. The van der Waals surface area contributed by atoms with E-state index in [1.54, 1.807) is 6.92 Å². The quantitative estimate of drug-likeness (QED) is 0.843. The number of nitrogens with zero attached hydrogens (tertiary/aromatic N) is 4. The fraction of sp³-hybridized carbons (Fsp3) is 0.286. The van der Waals surface area contributed by atoms with Gasteiger partial charge in [0, 0.05) is 11.8 Å². The van der Waals surface area contributed by atoms with E-state index < -0.39 is 17.8 Å². The largest absolute Gasteiger partial charge is 0.341 e. The molecular weight excluding hydrogens is 294 g/mol. The maximum Gasteiger partial charge on any atom is 0.341 e. The molecule has 0 unspecified atom stereocenters. The van der Waals surface area contributed by atoms with Crippen molar-refractivity contribution in [3.8, 4) is 11.9 Å². The van der Waals surface area contributed by atoms with E-state index in [9.17, 15) is 18.4 Å². The molecule has 0 saturated carbocycles. The standard InChI is InChI=1S/C14H12F2N4O2/c1-7-4-10(6-17)9(3)18-12(7)20-11(21)5-8(2)19(13(15)16)14(20)22/h4-5,13H,1-3H3. The first-order chi connectivity index (χ1) is 10.3. The second-order valence-corrected chi connectivity index (χ2v) is 4.76. The van der Waals surface area contributed by atoms with Gasteiger partial charge in [-0.25, -0.2) is 18.9 Å². The van der Waals surface area contributed by atoms with E-state index in [0.29, 0.717) is 15.8 Å². The lowest BCUT2D eigenvalue weighted by atomic mass is 10.1. The summed E-state index contributed by atoms with van der Waals surface area (Å²) in [6.45, 7) is 1.26. The van der Waals surface area contributed by atoms with Crippen LogP contribution in [-0.2, 0) is 0 Å². The first-order valence-corrected chi connectivity index (χ1v) is 6.30. The molecule has 8 heteroatoms. The molecule has 0 amide bonds. The molecule has 0 aromatic carbocycles. The smallest absolute Gasteiger partial charge is 0.269 e. The highest BCUT2D eigenvalue weighted by molar-refractivity contribution is 5.43. The van der Waals surface area contributed by atoms with Crippen LogP contribution >= 0.6 is 0 Å². The number of pyridine rings is 1. The van der Waals surface area contributed by atoms with Gasteiger partial charge in [-0.15, -0.1) is 0 Å². The fourth-order valence-electron chi connectivity index (χ4n) is 2.13. The summed E-state index contributed by atoms with van der Waals surface area (Å²) in [5, 5.41) is 8.94. The zero-order valence-electron chi connectivity index (χ0n) is 12.1. The van der Waals surface area contributed by atoms with Crippen molar-refractivity contribution >= 4 is 0 Å². The summed E-state index contributed by atoms with van der Waals surface area (Å²) in [6.07, 6.45) is 0. The second-order valence-electron chi connectivity index (χ2n) is 4.76. The molecule has 2 aromatic heterocycles. The van der Waals surface area contributed by atoms with E-state index in [0.717, 1.165) is 6.07 Å². The molecule has 6 nitrogen and oxygen atoms in total. The molecule has 0 fully saturated rings. The van der Waals surface area contributed by atoms with Gasteiger partial charge in [-0.05, 0) is 32.4 Å². The van der Waals surface area contributed by atoms with Crippen LogP contribution in [0.25, 0.3) is 5.82 Å². The summed E-state index contributed by atoms with van der Waals surface area (Å²) in [5.41, 5.74) is -1.09. The SMILES string of the molecule is Cc1cc(C#N)c(C)nc1-n1c(=O)cc(C)n(C(F)F)c1=O. The average molecular weight is 306 g/mol. The lowest BCUT2D eigenvalue weighted by Crippen LogP contribution is -2.40. The third-order valence-corrected chi connectivity index (χ3v) is 3.23. The Labute approximate surface area is 123 Å². The van der Waals surface area contributed by atoms with Crippen LogP contribution in [0.1, 0.15) is 29.1 Å². The monoisotopic (exact) mass is 306 g/mol. The van der Waals surface area contributed by atoms with Crippen LogP contribution in [0, 0.1) is 32.1 Å². The maximum absolute atomic E-state index is 13.0. The Morgan fingerprint density at radius 2 is 1.86 bits per heavy atom. The molecule has 0 saturated heterocycles. The molecule has 114 valence electrons. The van der Waals surface area contributed by atoms with Crippen molar-refractivity contribution in [1.29, 1.82) is 5.26 Å². The fourth-order valence-corrected chi connectivity index (χ4v) is 2.13. The van der Waals surface area contributed by atoms with E-state index in [1.807, 2.05) is 6.07 Å². The van der Waals surface area contributed by atoms with Crippen molar-refractivity contribution in [2.24, 2.45) is 0 Å². The Bertz CT molecular complexity index is 907. The highest BCUT2D eigenvalue weighted by Gasteiger charge is 2.19. The molecule has 0 aliphatic rings. The van der Waals surface area contributed by atoms with Crippen LogP contribution in [0.15, 0.2) is 21.7 Å². The minimum absolute atomic E-state index is 0.0547. The molecule has 0 aliphatic carbocycles. The van der Waals surface area contributed by atoms with Crippen molar-refractivity contribution in [1.82, 2.24) is 14.1 Å². The van der Waals surface area contributed by atoms with Gasteiger partial charge < -0.3 is 0 Å². The zero-order valence-corrected chi connectivity index (χ0v) is 12.1. The minimum atomic E-state index is -3.07. The maximum atomic E-state index is 13.0. The molecule has 2 heterocycles. The van der Waals surface area contributed by atoms with E-state index in [1.165, 1.54) is 19.9 Å². The van der Waals surface area contributed by atoms with Crippen molar-refractivity contribution in [3.05, 3.63) is 55.5 Å². The second kappa shape index (κ2) is 5.52. The molecule has 2 rings (SSSR count). The summed E-state index contributed by atoms with van der Waals surface area (Å²) in [6, 6.07) is 4.33. The molecule has 0 atom stereocenters. The van der Waals surface area contributed by atoms with Gasteiger partial charge in [0.25, 0.3) is 5.56 Å². The van der Waals surface area contributed by atoms with Crippen LogP contribution < -0.4 is 11.2 Å². The molecule has 0 spiro atoms. The first-order valence-electron chi connectivity index (χ1n) is 6.30. The minimum Gasteiger partial charge on any atom is -0.269 e. The Morgan fingerprint density at radius 3 is 2.41 bits per heavy atom. The molecule has 0 bridgehead atoms. The third kappa shape index (κ3) is 2.41. The van der Waals surface area contributed by atoms with Gasteiger partial charge in [0.1, 0.15) is 11.9 Å². The molecular formula is C14H12F2N4O2. The zero-order chi connectivity index (χ0) is 16.6. The van der Waals surface area contributed by atoms with Gasteiger partial charge in [0.05, 0.1) is 11.3 Å². The first kappa shape index (κ1) is 15.6. The van der Waals surface area contributed by atoms with Crippen molar-refractivity contribution in [3.63, 3.8) is 0 Å². The summed E-state index contributed by atoms with van der Waals surface area (Å²) >= 11 is 0. The summed E-state index contributed by atoms with van der Waals surface area (Å²) in [4.78, 5) is 28.3. The third-order valence-electron chi connectivity index (χ3n) is 3.23. The van der Waals surface area contributed by atoms with Crippen molar-refractivity contribution in [2.75, 3.05) is 0 Å². The van der Waals surface area contributed by atoms with Crippen molar-refractivity contribution < 1.29 is 8.78 Å². The number of nitriles is 1. The van der Waals surface area contributed by atoms with Crippen LogP contribution in [0.4, 0.5) is 8.78 Å². The van der Waals surface area contributed by atoms with E-state index in [2.05, 4.69) is 4.98 Å². The van der Waals surface area contributed by atoms with E-state index >= 15 is 0 Å². The van der Waals surface area contributed by atoms with E-state index in [-0.39, 0.29) is 21.6 Å². The van der Waals surface area contributed by atoms with Crippen molar-refractivity contribution in [2.45, 2.75) is 27.3 Å². The van der Waals surface area contributed by atoms with E-state index in [4.69, 9.17) is 5.26 Å². The number of aryl methyl sites for hydroxylation is 3. The topological polar surface area (TPSA) is 80.7 Å². The molecule has 0 radical (unpaired) electrons. The predicted molar refractivity (Wildman–Crippen MR) is 74.3 cm³/mol.